The Morgan fingerprint density at radius 1 is 1.31 bits per heavy atom. The third-order valence-corrected chi connectivity index (χ3v) is 5.46. The first-order chi connectivity index (χ1) is 14.2. The quantitative estimate of drug-likeness (QED) is 0.0978. The van der Waals surface area contributed by atoms with Crippen molar-refractivity contribution < 1.29 is 33.3 Å². The summed E-state index contributed by atoms with van der Waals surface area (Å²) in [5.41, 5.74) is 8.96. The molecule has 163 valence electrons. The molecule has 2 aliphatic heterocycles. The number of aliphatic hydroxyl groups is 2. The van der Waals surface area contributed by atoms with E-state index < -0.39 is 61.2 Å². The molecule has 0 aromatic heterocycles. The van der Waals surface area contributed by atoms with E-state index in [1.807, 2.05) is 6.92 Å². The predicted octanol–water partition coefficient (Wildman–Crippen LogP) is 1.15. The molecule has 0 bridgehead atoms. The van der Waals surface area contributed by atoms with Crippen molar-refractivity contribution >= 4 is 24.9 Å². The van der Waals surface area contributed by atoms with E-state index in [1.165, 1.54) is 6.92 Å². The zero-order chi connectivity index (χ0) is 22.4. The van der Waals surface area contributed by atoms with Gasteiger partial charge in [-0.2, -0.15) is 0 Å². The van der Waals surface area contributed by atoms with Gasteiger partial charge in [0.2, 0.25) is 13.4 Å². The summed E-state index contributed by atoms with van der Waals surface area (Å²) in [7, 11) is 0.975. The molecule has 0 amide bonds. The number of rotatable bonds is 8. The van der Waals surface area contributed by atoms with Crippen molar-refractivity contribution in [2.45, 2.75) is 89.4 Å². The van der Waals surface area contributed by atoms with E-state index in [4.69, 9.17) is 35.4 Å². The fraction of sp³-hybridized carbons (Fsp3) is 0.938. The lowest BCUT2D eigenvalue weighted by Gasteiger charge is -2.47. The highest BCUT2D eigenvalue weighted by Gasteiger charge is 2.50. The van der Waals surface area contributed by atoms with Crippen molar-refractivity contribution in [3.8, 4) is 0 Å². The van der Waals surface area contributed by atoms with Crippen molar-refractivity contribution in [3.63, 3.8) is 0 Å². The third-order valence-electron chi connectivity index (χ3n) is 5.13. The molecule has 2 rings (SSSR count). The van der Waals surface area contributed by atoms with Crippen LogP contribution < -0.4 is 0 Å². The minimum Gasteiger partial charge on any atom is -0.450 e. The Hall–Kier alpha value is -1.05. The van der Waals surface area contributed by atoms with Crippen LogP contribution in [0.2, 0.25) is 0 Å². The van der Waals surface area contributed by atoms with Crippen molar-refractivity contribution in [1.29, 1.82) is 6.74 Å². The van der Waals surface area contributed by atoms with Crippen LogP contribution >= 0.6 is 11.9 Å². The molecule has 10 atom stereocenters. The summed E-state index contributed by atoms with van der Waals surface area (Å²) in [6.45, 7) is 6.76. The SMILES string of the molecule is [3H][B]SO[C@H]1C(CC)O[C@@H](O[C@H]2C(C)O[C@@H](OC(C)=N)C(O)[C@H]2C)C(N=[N+]=[N-])[C@H]1O. The number of nitrogens with zero attached hydrogens (tertiary/aromatic N) is 3. The Kier molecular flexibility index (Phi) is 8.45. The highest BCUT2D eigenvalue weighted by molar-refractivity contribution is 8.15. The fourth-order valence-corrected chi connectivity index (χ4v) is 3.98. The summed E-state index contributed by atoms with van der Waals surface area (Å²) in [5, 5.41) is 32.4. The summed E-state index contributed by atoms with van der Waals surface area (Å²) >= 11 is 0.742. The Balaban J connectivity index is 2.18. The van der Waals surface area contributed by atoms with Crippen LogP contribution in [-0.2, 0) is 23.1 Å². The molecule has 0 aliphatic carbocycles. The topological polar surface area (TPSA) is 159 Å². The highest BCUT2D eigenvalue weighted by atomic mass is 32.2. The van der Waals surface area contributed by atoms with E-state index >= 15 is 0 Å². The molecule has 0 aromatic rings. The van der Waals surface area contributed by atoms with E-state index in [9.17, 15) is 10.2 Å². The molecule has 13 heteroatoms. The molecule has 3 N–H and O–H groups in total. The summed E-state index contributed by atoms with van der Waals surface area (Å²) in [6, 6.07) is -1.11. The van der Waals surface area contributed by atoms with Gasteiger partial charge in [0, 0.05) is 17.8 Å². The Labute approximate surface area is 176 Å². The van der Waals surface area contributed by atoms with E-state index in [0.29, 0.717) is 6.42 Å². The molecule has 11 nitrogen and oxygen atoms in total. The highest BCUT2D eigenvalue weighted by Crippen LogP contribution is 2.35. The monoisotopic (exact) mass is 433 g/mol. The molecule has 1 radical (unpaired) electrons. The van der Waals surface area contributed by atoms with Gasteiger partial charge in [-0.1, -0.05) is 30.9 Å². The van der Waals surface area contributed by atoms with Crippen molar-refractivity contribution in [2.75, 3.05) is 0 Å². The second-order valence-electron chi connectivity index (χ2n) is 7.13. The standard InChI is InChI=1S/C16H28BN4O7S/c1-5-9-14(28-29-17)12(23)10(20-21-19)15(26-9)27-13-6(2)11(22)16(24-7(13)3)25-8(4)18/h6-7,9-18,22-23H,5H2,1-4H3/t6-,7?,9?,10?,11?,12-,13-,14+,15+,16+/m1/s1/i17T. The summed E-state index contributed by atoms with van der Waals surface area (Å²) in [6.07, 6.45) is -6.52. The maximum absolute atomic E-state index is 10.8. The average molecular weight is 433 g/mol. The van der Waals surface area contributed by atoms with Crippen LogP contribution in [-0.4, -0.2) is 79.8 Å². The maximum Gasteiger partial charge on any atom is 0.228 e. The van der Waals surface area contributed by atoms with Crippen molar-refractivity contribution in [3.05, 3.63) is 10.4 Å². The molecule has 4 unspecified atom stereocenters. The van der Waals surface area contributed by atoms with Gasteiger partial charge in [-0.25, -0.2) is 0 Å². The Morgan fingerprint density at radius 3 is 2.62 bits per heavy atom. The first-order valence-corrected chi connectivity index (χ1v) is 10.2. The maximum atomic E-state index is 10.8. The number of azide groups is 1. The third kappa shape index (κ3) is 5.56. The van der Waals surface area contributed by atoms with Gasteiger partial charge < -0.3 is 33.3 Å². The molecule has 2 aliphatic rings. The molecule has 0 spiro atoms. The first-order valence-electron chi connectivity index (χ1n) is 9.93. The van der Waals surface area contributed by atoms with Crippen LogP contribution in [0.5, 0.6) is 0 Å². The number of hydrogen-bond donors (Lipinski definition) is 3. The van der Waals surface area contributed by atoms with Crippen molar-refractivity contribution in [2.24, 2.45) is 11.0 Å². The van der Waals surface area contributed by atoms with E-state index in [-0.39, 0.29) is 5.90 Å². The van der Waals surface area contributed by atoms with E-state index in [1.54, 1.807) is 13.8 Å². The largest absolute Gasteiger partial charge is 0.450 e. The second-order valence-corrected chi connectivity index (χ2v) is 7.51. The lowest BCUT2D eigenvalue weighted by atomic mass is 9.90. The molecule has 29 heavy (non-hydrogen) atoms. The Morgan fingerprint density at radius 2 is 2.03 bits per heavy atom. The summed E-state index contributed by atoms with van der Waals surface area (Å²) in [4.78, 5) is 2.79. The van der Waals surface area contributed by atoms with Crippen LogP contribution in [0, 0.1) is 11.3 Å². The lowest BCUT2D eigenvalue weighted by Crippen LogP contribution is -2.61. The molecule has 0 aromatic carbocycles. The number of ether oxygens (including phenoxy) is 4. The zero-order valence-electron chi connectivity index (χ0n) is 17.7. The minimum atomic E-state index is -1.23. The average Bonchev–Trinajstić information content (AvgIpc) is 2.70. The van der Waals surface area contributed by atoms with Gasteiger partial charge in [0.05, 0.1) is 24.4 Å². The normalized spacial score (nSPS) is 43.0. The summed E-state index contributed by atoms with van der Waals surface area (Å²) in [5.74, 6) is -0.548. The van der Waals surface area contributed by atoms with Crippen molar-refractivity contribution in [1.82, 2.24) is 0 Å². The van der Waals surface area contributed by atoms with Crippen LogP contribution in [0.15, 0.2) is 5.11 Å². The number of hydrogen-bond acceptors (Lipinski definition) is 10. The van der Waals surface area contributed by atoms with Gasteiger partial charge in [-0.3, -0.25) is 5.41 Å². The van der Waals surface area contributed by atoms with Gasteiger partial charge in [0.25, 0.3) is 0 Å². The molecule has 0 saturated carbocycles. The minimum absolute atomic E-state index is 0.0837. The van der Waals surface area contributed by atoms with Crippen LogP contribution in [0.25, 0.3) is 10.4 Å². The Bertz CT molecular complexity index is 634. The number of nitrogens with one attached hydrogen (secondary N) is 1. The number of aliphatic hydroxyl groups excluding tert-OH is 2. The summed E-state index contributed by atoms with van der Waals surface area (Å²) < 4.78 is 35.4. The molecule has 2 heterocycles. The molecule has 2 saturated heterocycles. The van der Waals surface area contributed by atoms with Gasteiger partial charge in [-0.15, -0.1) is 0 Å². The van der Waals surface area contributed by atoms with Crippen LogP contribution in [0.1, 0.15) is 34.1 Å². The second kappa shape index (κ2) is 10.8. The van der Waals surface area contributed by atoms with Gasteiger partial charge in [0.15, 0.2) is 12.2 Å². The molecular weight excluding hydrogens is 403 g/mol. The lowest BCUT2D eigenvalue weighted by molar-refractivity contribution is -0.319. The van der Waals surface area contributed by atoms with E-state index in [2.05, 4.69) is 10.0 Å². The zero-order valence-corrected chi connectivity index (χ0v) is 17.6. The van der Waals surface area contributed by atoms with Crippen LogP contribution in [0.3, 0.4) is 0 Å². The van der Waals surface area contributed by atoms with Crippen LogP contribution in [0.4, 0.5) is 0 Å². The smallest absolute Gasteiger partial charge is 0.228 e. The van der Waals surface area contributed by atoms with Gasteiger partial charge in [-0.05, 0) is 20.2 Å². The molecule has 2 fully saturated rings. The van der Waals surface area contributed by atoms with Gasteiger partial charge in [0.1, 0.15) is 18.2 Å². The van der Waals surface area contributed by atoms with E-state index in [0.717, 1.165) is 19.0 Å². The molecular formula is C16H28BN4O7S. The van der Waals surface area contributed by atoms with Gasteiger partial charge >= 0.3 is 0 Å². The predicted molar refractivity (Wildman–Crippen MR) is 106 cm³/mol. The first kappa shape index (κ1) is 22.6. The fourth-order valence-electron chi connectivity index (χ4n) is 3.61.